The van der Waals surface area contributed by atoms with Crippen molar-refractivity contribution >= 4 is 28.1 Å². The van der Waals surface area contributed by atoms with E-state index < -0.39 is 22.1 Å². The molecule has 0 aromatic heterocycles. The van der Waals surface area contributed by atoms with E-state index in [0.29, 0.717) is 23.1 Å². The molecule has 0 radical (unpaired) electrons. The second-order valence-electron chi connectivity index (χ2n) is 7.98. The maximum Gasteiger partial charge on any atom is 0.342 e. The van der Waals surface area contributed by atoms with Crippen LogP contribution in [0, 0.1) is 13.8 Å². The second kappa shape index (κ2) is 9.62. The first kappa shape index (κ1) is 24.3. The van der Waals surface area contributed by atoms with E-state index in [1.54, 1.807) is 25.1 Å². The summed E-state index contributed by atoms with van der Waals surface area (Å²) in [5, 5.41) is 8.92. The van der Waals surface area contributed by atoms with Gasteiger partial charge in [0, 0.05) is 17.5 Å². The summed E-state index contributed by atoms with van der Waals surface area (Å²) in [5.74, 6) is -1.62. The Morgan fingerprint density at radius 3 is 2.48 bits per heavy atom. The van der Waals surface area contributed by atoms with Crippen molar-refractivity contribution in [1.82, 2.24) is 0 Å². The molecule has 0 saturated carbocycles. The first-order chi connectivity index (χ1) is 15.5. The van der Waals surface area contributed by atoms with E-state index in [2.05, 4.69) is 6.58 Å². The number of aryl methyl sites for hydroxylation is 1. The van der Waals surface area contributed by atoms with Crippen LogP contribution in [0.5, 0.6) is 5.75 Å². The number of benzene rings is 2. The van der Waals surface area contributed by atoms with Crippen LogP contribution in [0.2, 0.25) is 0 Å². The van der Waals surface area contributed by atoms with Crippen molar-refractivity contribution in [3.05, 3.63) is 75.9 Å². The summed E-state index contributed by atoms with van der Waals surface area (Å²) in [6.07, 6.45) is 3.97. The average Bonchev–Trinajstić information content (AvgIpc) is 3.15. The quantitative estimate of drug-likeness (QED) is 0.320. The van der Waals surface area contributed by atoms with Crippen molar-refractivity contribution in [1.29, 1.82) is 0 Å². The van der Waals surface area contributed by atoms with Gasteiger partial charge in [0.25, 0.3) is 0 Å². The molecule has 2 aromatic rings. The lowest BCUT2D eigenvalue weighted by atomic mass is 9.90. The minimum atomic E-state index is -4.24. The molecule has 0 aliphatic carbocycles. The number of allylic oxidation sites excluding steroid dienone is 2. The maximum absolute atomic E-state index is 13.1. The molecule has 33 heavy (non-hydrogen) atoms. The Kier molecular flexibility index (Phi) is 7.07. The third-order valence-electron chi connectivity index (χ3n) is 5.63. The molecule has 0 saturated heterocycles. The number of hydrogen-bond acceptors (Lipinski definition) is 6. The van der Waals surface area contributed by atoms with E-state index in [1.807, 2.05) is 19.9 Å². The minimum Gasteiger partial charge on any atom is -0.481 e. The van der Waals surface area contributed by atoms with Gasteiger partial charge < -0.3 is 14.0 Å². The summed E-state index contributed by atoms with van der Waals surface area (Å²) in [7, 11) is -4.24. The van der Waals surface area contributed by atoms with Gasteiger partial charge in [0.15, 0.2) is 5.75 Å². The summed E-state index contributed by atoms with van der Waals surface area (Å²) in [4.78, 5) is 23.4. The number of aliphatic carboxylic acids is 1. The van der Waals surface area contributed by atoms with Crippen molar-refractivity contribution < 1.29 is 32.0 Å². The fourth-order valence-electron chi connectivity index (χ4n) is 3.71. The summed E-state index contributed by atoms with van der Waals surface area (Å²) in [6.45, 7) is 9.34. The molecular formula is C25H26O7S. The van der Waals surface area contributed by atoms with Crippen LogP contribution in [0.25, 0.3) is 6.08 Å². The lowest BCUT2D eigenvalue weighted by molar-refractivity contribution is -0.136. The molecule has 174 valence electrons. The molecule has 0 atom stereocenters. The van der Waals surface area contributed by atoms with Crippen LogP contribution in [-0.2, 0) is 32.7 Å². The van der Waals surface area contributed by atoms with Crippen molar-refractivity contribution in [3.63, 3.8) is 0 Å². The highest BCUT2D eigenvalue weighted by Gasteiger charge is 2.34. The van der Waals surface area contributed by atoms with E-state index in [0.717, 1.165) is 16.7 Å². The van der Waals surface area contributed by atoms with Crippen LogP contribution in [0.15, 0.2) is 47.4 Å². The molecular weight excluding hydrogens is 444 g/mol. The number of cyclic esters (lactones) is 1. The van der Waals surface area contributed by atoms with Crippen LogP contribution < -0.4 is 4.18 Å². The normalized spacial score (nSPS) is 13.4. The monoisotopic (exact) mass is 470 g/mol. The number of fused-ring (bicyclic) bond motifs is 1. The summed E-state index contributed by atoms with van der Waals surface area (Å²) in [5.41, 5.74) is 4.27. The number of rotatable bonds is 9. The minimum absolute atomic E-state index is 0.0165. The van der Waals surface area contributed by atoms with E-state index in [4.69, 9.17) is 14.0 Å². The molecule has 3 rings (SSSR count). The fraction of sp³-hybridized carbons (Fsp3) is 0.280. The molecule has 2 aromatic carbocycles. The van der Waals surface area contributed by atoms with Gasteiger partial charge in [-0.15, -0.1) is 0 Å². The van der Waals surface area contributed by atoms with Gasteiger partial charge in [0.1, 0.15) is 17.1 Å². The van der Waals surface area contributed by atoms with Gasteiger partial charge in [-0.2, -0.15) is 8.42 Å². The van der Waals surface area contributed by atoms with Crippen LogP contribution >= 0.6 is 0 Å². The molecule has 8 heteroatoms. The molecule has 7 nitrogen and oxygen atoms in total. The fourth-order valence-corrected chi connectivity index (χ4v) is 4.68. The standard InChI is InChI=1S/C25H26O7S/c1-5-19-17(4)21-14-31-25(28)23(21)24(20(19)12-8-16(3)9-13-22(26)27)32-33(29,30)18-10-6-15(2)7-11-18/h5-8,10-11H,1,9,12-14H2,2-4H3,(H,26,27). The van der Waals surface area contributed by atoms with Crippen molar-refractivity contribution in [3.8, 4) is 5.75 Å². The first-order valence-electron chi connectivity index (χ1n) is 10.4. The van der Waals surface area contributed by atoms with Crippen LogP contribution in [0.4, 0.5) is 0 Å². The summed E-state index contributed by atoms with van der Waals surface area (Å²) >= 11 is 0. The Morgan fingerprint density at radius 1 is 1.21 bits per heavy atom. The van der Waals surface area contributed by atoms with Crippen LogP contribution in [0.1, 0.15) is 57.9 Å². The molecule has 1 aliphatic rings. The molecule has 1 N–H and O–H groups in total. The van der Waals surface area contributed by atoms with Crippen molar-refractivity contribution in [2.75, 3.05) is 0 Å². The molecule has 0 fully saturated rings. The molecule has 0 spiro atoms. The highest BCUT2D eigenvalue weighted by Crippen LogP contribution is 2.40. The highest BCUT2D eigenvalue weighted by molar-refractivity contribution is 7.87. The molecule has 0 amide bonds. The zero-order valence-corrected chi connectivity index (χ0v) is 19.6. The lowest BCUT2D eigenvalue weighted by Gasteiger charge is -2.18. The SMILES string of the molecule is C=Cc1c(C)c2c(c(OS(=O)(=O)c3ccc(C)cc3)c1CC=C(C)CCC(=O)O)C(=O)OC2. The molecule has 0 unspecified atom stereocenters. The molecule has 0 bridgehead atoms. The van der Waals surface area contributed by atoms with Gasteiger partial charge in [0.05, 0.1) is 0 Å². The zero-order chi connectivity index (χ0) is 24.3. The van der Waals surface area contributed by atoms with E-state index in [-0.39, 0.29) is 35.7 Å². The largest absolute Gasteiger partial charge is 0.481 e. The van der Waals surface area contributed by atoms with Gasteiger partial charge in [-0.1, -0.05) is 42.0 Å². The number of carboxylic acid groups (broad SMARTS) is 1. The summed E-state index contributed by atoms with van der Waals surface area (Å²) in [6, 6.07) is 6.21. The predicted molar refractivity (Wildman–Crippen MR) is 124 cm³/mol. The van der Waals surface area contributed by atoms with Gasteiger partial charge in [-0.3, -0.25) is 4.79 Å². The van der Waals surface area contributed by atoms with Crippen molar-refractivity contribution in [2.45, 2.75) is 51.5 Å². The Morgan fingerprint density at radius 2 is 1.88 bits per heavy atom. The van der Waals surface area contributed by atoms with E-state index >= 15 is 0 Å². The number of carbonyl (C=O) groups excluding carboxylic acids is 1. The number of ether oxygens (including phenoxy) is 1. The third-order valence-corrected chi connectivity index (χ3v) is 6.87. The van der Waals surface area contributed by atoms with Crippen LogP contribution in [0.3, 0.4) is 0 Å². The third kappa shape index (κ3) is 5.17. The number of hydrogen-bond donors (Lipinski definition) is 1. The van der Waals surface area contributed by atoms with Crippen LogP contribution in [-0.4, -0.2) is 25.5 Å². The second-order valence-corrected chi connectivity index (χ2v) is 9.53. The zero-order valence-electron chi connectivity index (χ0n) is 18.8. The van der Waals surface area contributed by atoms with Gasteiger partial charge in [-0.25, -0.2) is 4.79 Å². The molecule has 1 aliphatic heterocycles. The topological polar surface area (TPSA) is 107 Å². The summed E-state index contributed by atoms with van der Waals surface area (Å²) < 4.78 is 37.0. The average molecular weight is 471 g/mol. The van der Waals surface area contributed by atoms with Gasteiger partial charge in [0.2, 0.25) is 0 Å². The Labute approximate surface area is 193 Å². The lowest BCUT2D eigenvalue weighted by Crippen LogP contribution is -2.15. The Bertz CT molecular complexity index is 1250. The maximum atomic E-state index is 13.1. The van der Waals surface area contributed by atoms with E-state index in [9.17, 15) is 18.0 Å². The highest BCUT2D eigenvalue weighted by atomic mass is 32.2. The van der Waals surface area contributed by atoms with E-state index in [1.165, 1.54) is 12.1 Å². The Hall–Kier alpha value is -3.39. The Balaban J connectivity index is 2.14. The van der Waals surface area contributed by atoms with Gasteiger partial charge in [-0.05, 0) is 56.9 Å². The smallest absolute Gasteiger partial charge is 0.342 e. The van der Waals surface area contributed by atoms with Crippen molar-refractivity contribution in [2.24, 2.45) is 0 Å². The number of carbonyl (C=O) groups is 2. The van der Waals surface area contributed by atoms with Gasteiger partial charge >= 0.3 is 22.1 Å². The number of esters is 1. The molecule has 1 heterocycles. The number of carboxylic acids is 1. The first-order valence-corrected chi connectivity index (χ1v) is 11.8. The predicted octanol–water partition coefficient (Wildman–Crippen LogP) is 4.74.